The molecule has 0 bridgehead atoms. The van der Waals surface area contributed by atoms with E-state index in [1.54, 1.807) is 11.1 Å². The van der Waals surface area contributed by atoms with Gasteiger partial charge >= 0.3 is 6.09 Å². The number of aryl methyl sites for hydroxylation is 2. The second-order valence-corrected chi connectivity index (χ2v) is 8.63. The Morgan fingerprint density at radius 3 is 2.32 bits per heavy atom. The Morgan fingerprint density at radius 2 is 1.74 bits per heavy atom. The summed E-state index contributed by atoms with van der Waals surface area (Å²) in [7, 11) is 0. The number of aromatic nitrogens is 4. The summed E-state index contributed by atoms with van der Waals surface area (Å²) < 4.78 is 9.80. The number of hydrogen-bond donors (Lipinski definition) is 0. The summed E-state index contributed by atoms with van der Waals surface area (Å²) in [6.07, 6.45) is 5.15. The molecule has 34 heavy (non-hydrogen) atoms. The van der Waals surface area contributed by atoms with Gasteiger partial charge in [0.2, 0.25) is 4.77 Å². The molecule has 4 rings (SSSR count). The maximum absolute atomic E-state index is 12.0. The number of rotatable bonds is 7. The van der Waals surface area contributed by atoms with E-state index < -0.39 is 0 Å². The van der Waals surface area contributed by atoms with Crippen molar-refractivity contribution in [1.29, 1.82) is 0 Å². The lowest BCUT2D eigenvalue weighted by molar-refractivity contribution is 0.0691. The normalized spacial score (nSPS) is 14.4. The SMILES string of the molecule is CCOC(=O)N1CCN(Cn2nc(-c3cccnc3)n(-c3c(CC)cccc3CC)c2=S)CC1. The molecule has 1 aliphatic rings. The first-order valence-corrected chi connectivity index (χ1v) is 12.3. The number of hydrogen-bond acceptors (Lipinski definition) is 6. The van der Waals surface area contributed by atoms with Crippen LogP contribution in [0.5, 0.6) is 0 Å². The molecule has 8 nitrogen and oxygen atoms in total. The number of carbonyl (C=O) groups excluding carboxylic acids is 1. The summed E-state index contributed by atoms with van der Waals surface area (Å²) in [5.74, 6) is 0.791. The molecule has 3 aromatic rings. The molecule has 9 heteroatoms. The van der Waals surface area contributed by atoms with Crippen LogP contribution in [0.1, 0.15) is 31.9 Å². The number of pyridine rings is 1. The summed E-state index contributed by atoms with van der Waals surface area (Å²) in [6, 6.07) is 10.4. The first kappa shape index (κ1) is 24.1. The van der Waals surface area contributed by atoms with E-state index >= 15 is 0 Å². The number of piperazine rings is 1. The van der Waals surface area contributed by atoms with Crippen molar-refractivity contribution >= 4 is 18.3 Å². The molecule has 180 valence electrons. The molecule has 0 aliphatic carbocycles. The van der Waals surface area contributed by atoms with E-state index in [1.807, 2.05) is 29.9 Å². The second kappa shape index (κ2) is 10.9. The number of carbonyl (C=O) groups is 1. The Bertz CT molecular complexity index is 1160. The minimum atomic E-state index is -0.245. The largest absolute Gasteiger partial charge is 0.450 e. The fraction of sp³-hybridized carbons (Fsp3) is 0.440. The number of ether oxygens (including phenoxy) is 1. The van der Waals surface area contributed by atoms with Crippen molar-refractivity contribution < 1.29 is 9.53 Å². The van der Waals surface area contributed by atoms with Gasteiger partial charge in [-0.2, -0.15) is 0 Å². The highest BCUT2D eigenvalue weighted by Gasteiger charge is 2.24. The molecule has 3 heterocycles. The minimum absolute atomic E-state index is 0.245. The van der Waals surface area contributed by atoms with Crippen molar-refractivity contribution in [2.24, 2.45) is 0 Å². The Kier molecular flexibility index (Phi) is 7.74. The standard InChI is InChI=1S/C25H32N6O2S/c1-4-19-9-7-10-20(5-2)22(19)31-23(21-11-8-12-26-17-21)27-30(24(31)34)18-28-13-15-29(16-14-28)25(32)33-6-3/h7-12,17H,4-6,13-16,18H2,1-3H3. The summed E-state index contributed by atoms with van der Waals surface area (Å²) in [5, 5.41) is 4.97. The predicted molar refractivity (Wildman–Crippen MR) is 135 cm³/mol. The number of nitrogens with zero attached hydrogens (tertiary/aromatic N) is 6. The van der Waals surface area contributed by atoms with Gasteiger partial charge in [-0.05, 0) is 55.2 Å². The summed E-state index contributed by atoms with van der Waals surface area (Å²) >= 11 is 6.01. The van der Waals surface area contributed by atoms with E-state index in [0.29, 0.717) is 31.1 Å². The number of benzene rings is 1. The van der Waals surface area contributed by atoms with Crippen molar-refractivity contribution in [1.82, 2.24) is 29.1 Å². The van der Waals surface area contributed by atoms with Gasteiger partial charge in [0, 0.05) is 44.1 Å². The zero-order valence-electron chi connectivity index (χ0n) is 20.1. The fourth-order valence-corrected chi connectivity index (χ4v) is 4.64. The van der Waals surface area contributed by atoms with Crippen molar-refractivity contribution in [2.45, 2.75) is 40.3 Å². The Labute approximate surface area is 205 Å². The number of para-hydroxylation sites is 1. The van der Waals surface area contributed by atoms with Gasteiger partial charge in [-0.15, -0.1) is 5.10 Å². The third-order valence-electron chi connectivity index (χ3n) is 6.18. The van der Waals surface area contributed by atoms with Crippen LogP contribution in [-0.4, -0.2) is 68.0 Å². The van der Waals surface area contributed by atoms with Crippen molar-refractivity contribution in [2.75, 3.05) is 32.8 Å². The van der Waals surface area contributed by atoms with Crippen LogP contribution in [-0.2, 0) is 24.2 Å². The van der Waals surface area contributed by atoms with Crippen LogP contribution in [0.2, 0.25) is 0 Å². The fourth-order valence-electron chi connectivity index (χ4n) is 4.36. The molecule has 1 aliphatic heterocycles. The molecule has 0 N–H and O–H groups in total. The van der Waals surface area contributed by atoms with Crippen LogP contribution in [0.25, 0.3) is 17.1 Å². The molecule has 1 aromatic carbocycles. The van der Waals surface area contributed by atoms with E-state index in [9.17, 15) is 4.79 Å². The molecule has 0 unspecified atom stereocenters. The molecular formula is C25H32N6O2S. The van der Waals surface area contributed by atoms with Crippen molar-refractivity contribution in [3.63, 3.8) is 0 Å². The molecule has 0 radical (unpaired) electrons. The van der Waals surface area contributed by atoms with Crippen LogP contribution in [0.15, 0.2) is 42.7 Å². The third kappa shape index (κ3) is 4.90. The van der Waals surface area contributed by atoms with E-state index in [1.165, 1.54) is 11.1 Å². The quantitative estimate of drug-likeness (QED) is 0.469. The summed E-state index contributed by atoms with van der Waals surface area (Å²) in [4.78, 5) is 20.4. The molecule has 0 saturated carbocycles. The zero-order chi connectivity index (χ0) is 24.1. The molecule has 1 saturated heterocycles. The first-order valence-electron chi connectivity index (χ1n) is 11.9. The predicted octanol–water partition coefficient (Wildman–Crippen LogP) is 4.32. The highest BCUT2D eigenvalue weighted by molar-refractivity contribution is 7.71. The van der Waals surface area contributed by atoms with E-state index in [-0.39, 0.29) is 6.09 Å². The van der Waals surface area contributed by atoms with E-state index in [0.717, 1.165) is 43.0 Å². The Balaban J connectivity index is 1.70. The second-order valence-electron chi connectivity index (χ2n) is 8.26. The smallest absolute Gasteiger partial charge is 0.409 e. The lowest BCUT2D eigenvalue weighted by Gasteiger charge is -2.33. The van der Waals surface area contributed by atoms with E-state index in [2.05, 4.69) is 46.5 Å². The molecule has 1 fully saturated rings. The Morgan fingerprint density at radius 1 is 1.03 bits per heavy atom. The first-order chi connectivity index (χ1) is 16.6. The molecule has 0 spiro atoms. The van der Waals surface area contributed by atoms with Crippen LogP contribution >= 0.6 is 12.2 Å². The van der Waals surface area contributed by atoms with Gasteiger partial charge in [0.05, 0.1) is 19.0 Å². The highest BCUT2D eigenvalue weighted by atomic mass is 32.1. The zero-order valence-corrected chi connectivity index (χ0v) is 20.9. The summed E-state index contributed by atoms with van der Waals surface area (Å²) in [6.45, 7) is 9.84. The van der Waals surface area contributed by atoms with Gasteiger partial charge in [0.25, 0.3) is 0 Å². The third-order valence-corrected chi connectivity index (χ3v) is 6.57. The van der Waals surface area contributed by atoms with Gasteiger partial charge in [0.1, 0.15) is 0 Å². The van der Waals surface area contributed by atoms with Crippen molar-refractivity contribution in [3.05, 3.63) is 58.6 Å². The van der Waals surface area contributed by atoms with Gasteiger partial charge in [0.15, 0.2) is 5.82 Å². The van der Waals surface area contributed by atoms with Crippen LogP contribution in [0, 0.1) is 4.77 Å². The Hall–Kier alpha value is -3.04. The van der Waals surface area contributed by atoms with Gasteiger partial charge in [-0.25, -0.2) is 9.48 Å². The van der Waals surface area contributed by atoms with E-state index in [4.69, 9.17) is 22.1 Å². The maximum Gasteiger partial charge on any atom is 0.409 e. The van der Waals surface area contributed by atoms with Gasteiger partial charge in [-0.3, -0.25) is 14.5 Å². The average Bonchev–Trinajstić information content (AvgIpc) is 3.19. The minimum Gasteiger partial charge on any atom is -0.450 e. The van der Waals surface area contributed by atoms with Gasteiger partial charge in [-0.1, -0.05) is 32.0 Å². The van der Waals surface area contributed by atoms with Crippen molar-refractivity contribution in [3.8, 4) is 17.1 Å². The van der Waals surface area contributed by atoms with Crippen LogP contribution in [0.3, 0.4) is 0 Å². The maximum atomic E-state index is 12.0. The van der Waals surface area contributed by atoms with Crippen LogP contribution < -0.4 is 0 Å². The highest BCUT2D eigenvalue weighted by Crippen LogP contribution is 2.28. The molecule has 2 aromatic heterocycles. The lowest BCUT2D eigenvalue weighted by Crippen LogP contribution is -2.49. The molecule has 0 atom stereocenters. The number of amides is 1. The summed E-state index contributed by atoms with van der Waals surface area (Å²) in [5.41, 5.74) is 4.52. The average molecular weight is 481 g/mol. The lowest BCUT2D eigenvalue weighted by atomic mass is 10.0. The molecule has 1 amide bonds. The monoisotopic (exact) mass is 480 g/mol. The molecular weight excluding hydrogens is 448 g/mol. The van der Waals surface area contributed by atoms with Crippen LogP contribution in [0.4, 0.5) is 4.79 Å². The topological polar surface area (TPSA) is 68.4 Å². The van der Waals surface area contributed by atoms with Gasteiger partial charge < -0.3 is 9.64 Å².